The maximum absolute atomic E-state index is 3.79. The summed E-state index contributed by atoms with van der Waals surface area (Å²) in [5, 5.41) is 0. The minimum Gasteiger partial charge on any atom is -0.326 e. The second-order valence-corrected chi connectivity index (χ2v) is 3.80. The topological polar surface area (TPSA) is 0 Å². The van der Waals surface area contributed by atoms with Gasteiger partial charge in [-0.1, -0.05) is 12.2 Å². The molecule has 0 aliphatic rings. The molecule has 0 aromatic carbocycles. The van der Waals surface area contributed by atoms with E-state index in [4.69, 9.17) is 0 Å². The van der Waals surface area contributed by atoms with Gasteiger partial charge in [0, 0.05) is 12.8 Å². The van der Waals surface area contributed by atoms with E-state index in [1.54, 1.807) is 0 Å². The van der Waals surface area contributed by atoms with E-state index in [1.165, 1.54) is 0 Å². The van der Waals surface area contributed by atoms with Crippen molar-refractivity contribution in [1.82, 2.24) is 0 Å². The van der Waals surface area contributed by atoms with Gasteiger partial charge in [-0.05, 0) is 6.92 Å². The Morgan fingerprint density at radius 3 is 1.83 bits per heavy atom. The number of hydrogen-bond acceptors (Lipinski definition) is 0. The molecule has 0 amide bonds. The fourth-order valence-corrected chi connectivity index (χ4v) is 1.31. The third kappa shape index (κ3) is 3.22. The van der Waals surface area contributed by atoms with Gasteiger partial charge in [-0.15, -0.1) is 13.2 Å². The van der Waals surface area contributed by atoms with Crippen molar-refractivity contribution in [3.63, 3.8) is 0 Å². The van der Waals surface area contributed by atoms with Crippen molar-refractivity contribution in [3.05, 3.63) is 25.3 Å². The van der Waals surface area contributed by atoms with Crippen molar-refractivity contribution in [3.8, 4) is 0 Å². The predicted molar refractivity (Wildman–Crippen MR) is 56.1 cm³/mol. The van der Waals surface area contributed by atoms with Crippen molar-refractivity contribution in [1.29, 1.82) is 0 Å². The molecule has 0 spiro atoms. The van der Waals surface area contributed by atoms with Gasteiger partial charge in [0.05, 0.1) is 26.7 Å². The van der Waals surface area contributed by atoms with Crippen LogP contribution in [0.4, 0.5) is 0 Å². The van der Waals surface area contributed by atoms with Crippen molar-refractivity contribution in [2.24, 2.45) is 0 Å². The number of rotatable bonds is 6. The van der Waals surface area contributed by atoms with Crippen molar-refractivity contribution in [2.75, 3.05) is 20.6 Å². The molecule has 0 atom stereocenters. The van der Waals surface area contributed by atoms with Crippen molar-refractivity contribution < 1.29 is 4.48 Å². The van der Waals surface area contributed by atoms with E-state index in [9.17, 15) is 0 Å². The molecule has 0 aliphatic heterocycles. The fourth-order valence-electron chi connectivity index (χ4n) is 1.31. The van der Waals surface area contributed by atoms with E-state index >= 15 is 0 Å². The van der Waals surface area contributed by atoms with Crippen LogP contribution in [0.5, 0.6) is 0 Å². The lowest BCUT2D eigenvalue weighted by Crippen LogP contribution is -2.48. The number of hydrogen-bond donors (Lipinski definition) is 0. The van der Waals surface area contributed by atoms with E-state index in [0.29, 0.717) is 6.04 Å². The molecular weight excluding hydrogens is 146 g/mol. The zero-order valence-corrected chi connectivity index (χ0v) is 8.71. The third-order valence-electron chi connectivity index (χ3n) is 2.68. The molecule has 0 aliphatic carbocycles. The van der Waals surface area contributed by atoms with Crippen LogP contribution in [0.3, 0.4) is 0 Å². The quantitative estimate of drug-likeness (QED) is 0.422. The van der Waals surface area contributed by atoms with E-state index in [-0.39, 0.29) is 0 Å². The molecule has 0 rings (SSSR count). The average molecular weight is 168 g/mol. The highest BCUT2D eigenvalue weighted by molar-refractivity contribution is 4.80. The standard InChI is InChI=1S/C11H22N/c1-6-9-11(10-7-2)12(4,5)8-3/h6-7,11H,1-2,8-10H2,3-5H3/q+1. The second kappa shape index (κ2) is 5.15. The highest BCUT2D eigenvalue weighted by atomic mass is 15.3. The Morgan fingerprint density at radius 1 is 1.17 bits per heavy atom. The van der Waals surface area contributed by atoms with Gasteiger partial charge in [-0.25, -0.2) is 0 Å². The minimum absolute atomic E-state index is 0.644. The number of nitrogens with zero attached hydrogens (tertiary/aromatic N) is 1. The Hall–Kier alpha value is -0.560. The molecule has 1 nitrogen and oxygen atoms in total. The van der Waals surface area contributed by atoms with Gasteiger partial charge in [0.25, 0.3) is 0 Å². The van der Waals surface area contributed by atoms with Gasteiger partial charge < -0.3 is 4.48 Å². The van der Waals surface area contributed by atoms with E-state index in [0.717, 1.165) is 23.9 Å². The van der Waals surface area contributed by atoms with Gasteiger partial charge in [0.15, 0.2) is 0 Å². The van der Waals surface area contributed by atoms with Crippen LogP contribution in [0, 0.1) is 0 Å². The fraction of sp³-hybridized carbons (Fsp3) is 0.636. The van der Waals surface area contributed by atoms with Crippen LogP contribution in [0.25, 0.3) is 0 Å². The third-order valence-corrected chi connectivity index (χ3v) is 2.68. The van der Waals surface area contributed by atoms with Crippen LogP contribution in [0.15, 0.2) is 25.3 Å². The molecule has 0 bridgehead atoms. The van der Waals surface area contributed by atoms with Crippen molar-refractivity contribution >= 4 is 0 Å². The lowest BCUT2D eigenvalue weighted by Gasteiger charge is -2.36. The SMILES string of the molecule is C=CCC(CC=C)[N+](C)(C)CC. The summed E-state index contributed by atoms with van der Waals surface area (Å²) in [7, 11) is 4.52. The van der Waals surface area contributed by atoms with Crippen LogP contribution >= 0.6 is 0 Å². The summed E-state index contributed by atoms with van der Waals surface area (Å²) >= 11 is 0. The molecule has 0 radical (unpaired) electrons. The zero-order valence-electron chi connectivity index (χ0n) is 8.71. The average Bonchev–Trinajstić information content (AvgIpc) is 2.04. The van der Waals surface area contributed by atoms with Crippen LogP contribution in [0.2, 0.25) is 0 Å². The molecule has 0 aromatic rings. The van der Waals surface area contributed by atoms with Crippen LogP contribution in [0.1, 0.15) is 19.8 Å². The molecule has 12 heavy (non-hydrogen) atoms. The molecule has 0 saturated heterocycles. The first-order valence-electron chi connectivity index (χ1n) is 4.63. The Balaban J connectivity index is 4.25. The van der Waals surface area contributed by atoms with Gasteiger partial charge in [-0.3, -0.25) is 0 Å². The van der Waals surface area contributed by atoms with Crippen LogP contribution < -0.4 is 0 Å². The summed E-state index contributed by atoms with van der Waals surface area (Å²) in [5.74, 6) is 0. The zero-order chi connectivity index (χ0) is 9.61. The van der Waals surface area contributed by atoms with E-state index in [2.05, 4.69) is 34.2 Å². The summed E-state index contributed by atoms with van der Waals surface area (Å²) in [6.07, 6.45) is 6.16. The molecule has 0 aromatic heterocycles. The minimum atomic E-state index is 0.644. The maximum atomic E-state index is 3.79. The second-order valence-electron chi connectivity index (χ2n) is 3.80. The summed E-state index contributed by atoms with van der Waals surface area (Å²) < 4.78 is 1.05. The molecule has 0 N–H and O–H groups in total. The Labute approximate surface area is 77.0 Å². The normalized spacial score (nSPS) is 11.7. The maximum Gasteiger partial charge on any atom is 0.0955 e. The first kappa shape index (κ1) is 11.4. The summed E-state index contributed by atoms with van der Waals surface area (Å²) in [4.78, 5) is 0. The van der Waals surface area contributed by atoms with Crippen LogP contribution in [-0.4, -0.2) is 31.2 Å². The summed E-state index contributed by atoms with van der Waals surface area (Å²) in [6, 6.07) is 0.644. The van der Waals surface area contributed by atoms with Crippen molar-refractivity contribution in [2.45, 2.75) is 25.8 Å². The Morgan fingerprint density at radius 2 is 1.58 bits per heavy atom. The summed E-state index contributed by atoms with van der Waals surface area (Å²) in [5.41, 5.74) is 0. The Bertz CT molecular complexity index is 137. The summed E-state index contributed by atoms with van der Waals surface area (Å²) in [6.45, 7) is 11.0. The van der Waals surface area contributed by atoms with E-state index < -0.39 is 0 Å². The smallest absolute Gasteiger partial charge is 0.0955 e. The first-order chi connectivity index (χ1) is 5.58. The molecule has 0 heterocycles. The lowest BCUT2D eigenvalue weighted by molar-refractivity contribution is -0.912. The molecule has 0 fully saturated rings. The Kier molecular flexibility index (Phi) is 4.91. The predicted octanol–water partition coefficient (Wildman–Crippen LogP) is 2.60. The molecule has 0 saturated carbocycles. The lowest BCUT2D eigenvalue weighted by atomic mass is 10.1. The molecule has 70 valence electrons. The number of quaternary nitrogens is 1. The highest BCUT2D eigenvalue weighted by Crippen LogP contribution is 2.14. The molecule has 0 unspecified atom stereocenters. The van der Waals surface area contributed by atoms with E-state index in [1.807, 2.05) is 12.2 Å². The van der Waals surface area contributed by atoms with Gasteiger partial charge in [-0.2, -0.15) is 0 Å². The largest absolute Gasteiger partial charge is 0.326 e. The van der Waals surface area contributed by atoms with Crippen LogP contribution in [-0.2, 0) is 0 Å². The molecular formula is C11H22N+. The van der Waals surface area contributed by atoms with Gasteiger partial charge >= 0.3 is 0 Å². The van der Waals surface area contributed by atoms with Gasteiger partial charge in [0.2, 0.25) is 0 Å². The first-order valence-corrected chi connectivity index (χ1v) is 4.63. The highest BCUT2D eigenvalue weighted by Gasteiger charge is 2.23. The van der Waals surface area contributed by atoms with Gasteiger partial charge in [0.1, 0.15) is 0 Å². The monoisotopic (exact) mass is 168 g/mol. The molecule has 1 heteroatoms.